The predicted octanol–water partition coefficient (Wildman–Crippen LogP) is -0.990. The first kappa shape index (κ1) is 15.6. The van der Waals surface area contributed by atoms with Crippen molar-refractivity contribution in [3.8, 4) is 0 Å². The Labute approximate surface area is 122 Å². The Hall–Kier alpha value is -1.78. The third-order valence-corrected chi connectivity index (χ3v) is 4.20. The van der Waals surface area contributed by atoms with E-state index < -0.39 is 10.0 Å². The van der Waals surface area contributed by atoms with Crippen LogP contribution in [-0.2, 0) is 16.4 Å². The summed E-state index contributed by atoms with van der Waals surface area (Å²) in [6.45, 7) is 2.22. The van der Waals surface area contributed by atoms with Crippen molar-refractivity contribution in [1.82, 2.24) is 24.5 Å². The molecular weight excluding hydrogens is 296 g/mol. The van der Waals surface area contributed by atoms with Crippen LogP contribution in [0.2, 0.25) is 0 Å². The van der Waals surface area contributed by atoms with Crippen molar-refractivity contribution in [3.63, 3.8) is 0 Å². The Morgan fingerprint density at radius 2 is 2.10 bits per heavy atom. The van der Waals surface area contributed by atoms with Crippen molar-refractivity contribution >= 4 is 21.5 Å². The molecule has 3 N–H and O–H groups in total. The summed E-state index contributed by atoms with van der Waals surface area (Å²) >= 11 is 0. The van der Waals surface area contributed by atoms with Crippen molar-refractivity contribution in [1.29, 1.82) is 0 Å². The minimum absolute atomic E-state index is 0.00749. The largest absolute Gasteiger partial charge is 0.395 e. The van der Waals surface area contributed by atoms with Gasteiger partial charge in [0, 0.05) is 19.5 Å². The second-order valence-electron chi connectivity index (χ2n) is 4.30. The maximum absolute atomic E-state index is 11.4. The summed E-state index contributed by atoms with van der Waals surface area (Å²) in [5.74, 6) is 1.20. The number of sulfonamides is 1. The molecule has 2 aromatic rings. The topological polar surface area (TPSA) is 122 Å². The van der Waals surface area contributed by atoms with Crippen molar-refractivity contribution < 1.29 is 13.5 Å². The van der Waals surface area contributed by atoms with E-state index in [9.17, 15) is 8.42 Å². The smallest absolute Gasteiger partial charge is 0.211 e. The summed E-state index contributed by atoms with van der Waals surface area (Å²) < 4.78 is 26.8. The van der Waals surface area contributed by atoms with Gasteiger partial charge in [0.05, 0.1) is 12.4 Å². The van der Waals surface area contributed by atoms with Crippen LogP contribution in [0.25, 0.3) is 5.65 Å². The van der Waals surface area contributed by atoms with Crippen LogP contribution in [0, 0.1) is 0 Å². The number of nitrogens with zero attached hydrogens (tertiary/aromatic N) is 4. The van der Waals surface area contributed by atoms with E-state index in [0.29, 0.717) is 30.3 Å². The van der Waals surface area contributed by atoms with E-state index in [1.807, 2.05) is 0 Å². The first-order chi connectivity index (χ1) is 10.1. The van der Waals surface area contributed by atoms with Gasteiger partial charge < -0.3 is 10.4 Å². The van der Waals surface area contributed by atoms with E-state index >= 15 is 0 Å². The third-order valence-electron chi connectivity index (χ3n) is 2.80. The molecule has 0 aliphatic heterocycles. The highest BCUT2D eigenvalue weighted by Gasteiger charge is 2.10. The summed E-state index contributed by atoms with van der Waals surface area (Å²) in [5, 5.41) is 24.0. The van der Waals surface area contributed by atoms with Gasteiger partial charge in [-0.25, -0.2) is 13.1 Å². The van der Waals surface area contributed by atoms with Crippen LogP contribution in [0.15, 0.2) is 12.1 Å². The first-order valence-corrected chi connectivity index (χ1v) is 8.24. The summed E-state index contributed by atoms with van der Waals surface area (Å²) in [6.07, 6.45) is 0.386. The van der Waals surface area contributed by atoms with E-state index in [0.717, 1.165) is 0 Å². The quantitative estimate of drug-likeness (QED) is 0.572. The molecule has 116 valence electrons. The zero-order valence-corrected chi connectivity index (χ0v) is 12.5. The fourth-order valence-electron chi connectivity index (χ4n) is 1.69. The zero-order valence-electron chi connectivity index (χ0n) is 11.7. The minimum Gasteiger partial charge on any atom is -0.395 e. The third kappa shape index (κ3) is 4.09. The Kier molecular flexibility index (Phi) is 5.04. The van der Waals surface area contributed by atoms with Gasteiger partial charge in [-0.2, -0.15) is 4.52 Å². The normalized spacial score (nSPS) is 11.9. The lowest BCUT2D eigenvalue weighted by Crippen LogP contribution is -2.27. The van der Waals surface area contributed by atoms with Crippen molar-refractivity contribution in [2.75, 3.05) is 30.8 Å². The molecule has 2 rings (SSSR count). The van der Waals surface area contributed by atoms with Crippen LogP contribution in [0.5, 0.6) is 0 Å². The molecule has 0 saturated carbocycles. The number of aliphatic hydroxyl groups excluding tert-OH is 1. The lowest BCUT2D eigenvalue weighted by atomic mass is 10.4. The molecule has 0 radical (unpaired) electrons. The van der Waals surface area contributed by atoms with Crippen molar-refractivity contribution in [2.45, 2.75) is 13.3 Å². The Balaban J connectivity index is 2.09. The molecule has 0 aromatic carbocycles. The summed E-state index contributed by atoms with van der Waals surface area (Å²) in [7, 11) is -3.21. The molecule has 0 unspecified atom stereocenters. The van der Waals surface area contributed by atoms with Gasteiger partial charge in [-0.15, -0.1) is 15.3 Å². The van der Waals surface area contributed by atoms with Gasteiger partial charge in [0.1, 0.15) is 5.82 Å². The van der Waals surface area contributed by atoms with Gasteiger partial charge in [-0.1, -0.05) is 0 Å². The summed E-state index contributed by atoms with van der Waals surface area (Å²) in [4.78, 5) is 0. The average Bonchev–Trinajstić information content (AvgIpc) is 2.87. The van der Waals surface area contributed by atoms with E-state index in [1.54, 1.807) is 23.6 Å². The highest BCUT2D eigenvalue weighted by atomic mass is 32.2. The predicted molar refractivity (Wildman–Crippen MR) is 77.5 cm³/mol. The van der Waals surface area contributed by atoms with Crippen LogP contribution in [0.4, 0.5) is 5.82 Å². The maximum Gasteiger partial charge on any atom is 0.211 e. The van der Waals surface area contributed by atoms with Gasteiger partial charge in [-0.3, -0.25) is 0 Å². The molecule has 0 atom stereocenters. The molecule has 0 bridgehead atoms. The average molecular weight is 314 g/mol. The van der Waals surface area contributed by atoms with Crippen LogP contribution >= 0.6 is 0 Å². The second kappa shape index (κ2) is 6.78. The molecule has 2 heterocycles. The van der Waals surface area contributed by atoms with Gasteiger partial charge in [-0.05, 0) is 19.1 Å². The summed E-state index contributed by atoms with van der Waals surface area (Å²) in [5.41, 5.74) is 0.581. The number of hydrogen-bond acceptors (Lipinski definition) is 7. The van der Waals surface area contributed by atoms with Crippen molar-refractivity contribution in [2.24, 2.45) is 0 Å². The molecule has 21 heavy (non-hydrogen) atoms. The van der Waals surface area contributed by atoms with Crippen molar-refractivity contribution in [3.05, 3.63) is 18.0 Å². The number of anilines is 1. The monoisotopic (exact) mass is 314 g/mol. The molecule has 0 spiro atoms. The number of rotatable bonds is 8. The van der Waals surface area contributed by atoms with Gasteiger partial charge >= 0.3 is 0 Å². The Bertz CT molecular complexity index is 699. The fourth-order valence-corrected chi connectivity index (χ4v) is 2.31. The molecule has 0 amide bonds. The standard InChI is InChI=1S/C11H18N6O3S/c1-2-21(19,20)13-6-5-11-15-14-10-4-3-9(12-7-8-18)16-17(10)11/h3-4,13,18H,2,5-8H2,1H3,(H,12,16). The fraction of sp³-hybridized carbons (Fsp3) is 0.545. The van der Waals surface area contributed by atoms with Gasteiger partial charge in [0.2, 0.25) is 10.0 Å². The van der Waals surface area contributed by atoms with Gasteiger partial charge in [0.15, 0.2) is 11.5 Å². The molecule has 0 aliphatic rings. The second-order valence-corrected chi connectivity index (χ2v) is 6.40. The van der Waals surface area contributed by atoms with Crippen LogP contribution in [0.3, 0.4) is 0 Å². The van der Waals surface area contributed by atoms with Crippen LogP contribution in [0.1, 0.15) is 12.7 Å². The number of hydrogen-bond donors (Lipinski definition) is 3. The van der Waals surface area contributed by atoms with E-state index in [1.165, 1.54) is 0 Å². The highest BCUT2D eigenvalue weighted by Crippen LogP contribution is 2.07. The number of nitrogens with one attached hydrogen (secondary N) is 2. The van der Waals surface area contributed by atoms with E-state index in [-0.39, 0.29) is 18.9 Å². The van der Waals surface area contributed by atoms with E-state index in [2.05, 4.69) is 25.3 Å². The first-order valence-electron chi connectivity index (χ1n) is 6.59. The van der Waals surface area contributed by atoms with Crippen LogP contribution < -0.4 is 10.0 Å². The lowest BCUT2D eigenvalue weighted by Gasteiger charge is -2.05. The van der Waals surface area contributed by atoms with Crippen LogP contribution in [-0.4, -0.2) is 58.8 Å². The number of fused-ring (bicyclic) bond motifs is 1. The molecule has 10 heteroatoms. The molecule has 9 nitrogen and oxygen atoms in total. The summed E-state index contributed by atoms with van der Waals surface area (Å²) in [6, 6.07) is 3.49. The molecule has 2 aromatic heterocycles. The molecule has 0 aliphatic carbocycles. The van der Waals surface area contributed by atoms with E-state index in [4.69, 9.17) is 5.11 Å². The Morgan fingerprint density at radius 1 is 1.29 bits per heavy atom. The SMILES string of the molecule is CCS(=O)(=O)NCCc1nnc2ccc(NCCO)nn12. The molecular formula is C11H18N6O3S. The number of aromatic nitrogens is 4. The Morgan fingerprint density at radius 3 is 2.81 bits per heavy atom. The molecule has 0 fully saturated rings. The van der Waals surface area contributed by atoms with Gasteiger partial charge in [0.25, 0.3) is 0 Å². The zero-order chi connectivity index (χ0) is 15.3. The number of aliphatic hydroxyl groups is 1. The lowest BCUT2D eigenvalue weighted by molar-refractivity contribution is 0.311. The molecule has 0 saturated heterocycles. The maximum atomic E-state index is 11.4. The minimum atomic E-state index is -3.21. The highest BCUT2D eigenvalue weighted by molar-refractivity contribution is 7.89.